The van der Waals surface area contributed by atoms with Crippen molar-refractivity contribution in [3.05, 3.63) is 12.1 Å². The Balaban J connectivity index is 1.96. The molecular weight excluding hydrogens is 240 g/mol. The van der Waals surface area contributed by atoms with Gasteiger partial charge in [0.1, 0.15) is 0 Å². The third kappa shape index (κ3) is 2.25. The first-order valence-corrected chi connectivity index (χ1v) is 6.82. The first kappa shape index (κ1) is 12.3. The van der Waals surface area contributed by atoms with Crippen molar-refractivity contribution >= 4 is 22.4 Å². The van der Waals surface area contributed by atoms with Gasteiger partial charge in [-0.25, -0.2) is 4.63 Å². The van der Waals surface area contributed by atoms with E-state index >= 15 is 0 Å². The largest absolute Gasteiger partial charge is 0.397 e. The zero-order valence-electron chi connectivity index (χ0n) is 11.5. The lowest BCUT2D eigenvalue weighted by Crippen LogP contribution is -2.25. The summed E-state index contributed by atoms with van der Waals surface area (Å²) in [5.74, 6) is 0. The van der Waals surface area contributed by atoms with Crippen LogP contribution in [0.15, 0.2) is 16.8 Å². The fourth-order valence-corrected chi connectivity index (χ4v) is 2.79. The van der Waals surface area contributed by atoms with E-state index in [2.05, 4.69) is 29.1 Å². The molecule has 0 aliphatic carbocycles. The van der Waals surface area contributed by atoms with Crippen LogP contribution in [0.2, 0.25) is 0 Å². The molecule has 5 nitrogen and oxygen atoms in total. The van der Waals surface area contributed by atoms with Gasteiger partial charge in [0.2, 0.25) is 0 Å². The van der Waals surface area contributed by atoms with Gasteiger partial charge in [-0.05, 0) is 47.1 Å². The summed E-state index contributed by atoms with van der Waals surface area (Å²) in [7, 11) is 0. The molecule has 1 aromatic carbocycles. The Bertz CT molecular complexity index is 590. The Morgan fingerprint density at radius 3 is 2.79 bits per heavy atom. The summed E-state index contributed by atoms with van der Waals surface area (Å²) in [6.07, 6.45) is 3.65. The highest BCUT2D eigenvalue weighted by Crippen LogP contribution is 2.34. The Kier molecular flexibility index (Phi) is 2.84. The number of nitrogen functional groups attached to an aromatic ring is 1. The fraction of sp³-hybridized carbons (Fsp3) is 0.571. The first-order chi connectivity index (χ1) is 9.07. The van der Waals surface area contributed by atoms with Crippen LogP contribution >= 0.6 is 0 Å². The van der Waals surface area contributed by atoms with Crippen molar-refractivity contribution in [3.63, 3.8) is 0 Å². The zero-order valence-corrected chi connectivity index (χ0v) is 11.5. The number of aromatic nitrogens is 2. The summed E-state index contributed by atoms with van der Waals surface area (Å²) in [6, 6.07) is 3.91. The van der Waals surface area contributed by atoms with Gasteiger partial charge in [0.15, 0.2) is 11.0 Å². The number of nitrogens with two attached hydrogens (primary N) is 1. The third-order valence-electron chi connectivity index (χ3n) is 4.11. The molecule has 1 fully saturated rings. The second-order valence-electron chi connectivity index (χ2n) is 6.14. The van der Waals surface area contributed by atoms with Crippen LogP contribution < -0.4 is 10.6 Å². The summed E-state index contributed by atoms with van der Waals surface area (Å²) in [4.78, 5) is 2.38. The van der Waals surface area contributed by atoms with Crippen LogP contribution in [-0.4, -0.2) is 23.4 Å². The van der Waals surface area contributed by atoms with E-state index in [1.807, 2.05) is 12.1 Å². The van der Waals surface area contributed by atoms with Crippen LogP contribution in [-0.2, 0) is 0 Å². The molecule has 5 heteroatoms. The number of hydrogen-bond acceptors (Lipinski definition) is 5. The lowest BCUT2D eigenvalue weighted by molar-refractivity contribution is 0.315. The van der Waals surface area contributed by atoms with E-state index in [4.69, 9.17) is 10.4 Å². The minimum Gasteiger partial charge on any atom is -0.397 e. The van der Waals surface area contributed by atoms with Crippen LogP contribution in [0.5, 0.6) is 0 Å². The normalized spacial score (nSPS) is 19.6. The summed E-state index contributed by atoms with van der Waals surface area (Å²) < 4.78 is 4.84. The number of benzene rings is 1. The van der Waals surface area contributed by atoms with E-state index in [1.165, 1.54) is 19.3 Å². The van der Waals surface area contributed by atoms with Crippen molar-refractivity contribution in [3.8, 4) is 0 Å². The average Bonchev–Trinajstić information content (AvgIpc) is 2.78. The lowest BCUT2D eigenvalue weighted by atomic mass is 9.85. The topological polar surface area (TPSA) is 68.2 Å². The minimum absolute atomic E-state index is 0.420. The van der Waals surface area contributed by atoms with Gasteiger partial charge < -0.3 is 10.6 Å². The molecule has 1 saturated heterocycles. The second-order valence-corrected chi connectivity index (χ2v) is 6.14. The van der Waals surface area contributed by atoms with Crippen molar-refractivity contribution in [2.75, 3.05) is 23.7 Å². The number of hydrogen-bond donors (Lipinski definition) is 1. The van der Waals surface area contributed by atoms with Gasteiger partial charge in [-0.2, -0.15) is 0 Å². The second kappa shape index (κ2) is 4.40. The molecule has 2 N–H and O–H groups in total. The number of nitrogens with zero attached hydrogens (tertiary/aromatic N) is 3. The molecule has 1 aliphatic rings. The van der Waals surface area contributed by atoms with Crippen LogP contribution in [0.4, 0.5) is 11.4 Å². The molecule has 19 heavy (non-hydrogen) atoms. The van der Waals surface area contributed by atoms with Crippen LogP contribution in [0.3, 0.4) is 0 Å². The van der Waals surface area contributed by atoms with E-state index in [1.54, 1.807) is 0 Å². The van der Waals surface area contributed by atoms with Gasteiger partial charge in [-0.1, -0.05) is 13.8 Å². The average molecular weight is 260 g/mol. The monoisotopic (exact) mass is 260 g/mol. The molecule has 0 atom stereocenters. The SMILES string of the molecule is CC1(C)CCCN(c2ccc(N)c3nonc23)CC1. The fourth-order valence-electron chi connectivity index (χ4n) is 2.79. The molecule has 2 aromatic rings. The molecule has 0 amide bonds. The van der Waals surface area contributed by atoms with Gasteiger partial charge in [-0.3, -0.25) is 0 Å². The number of anilines is 2. The van der Waals surface area contributed by atoms with Gasteiger partial charge in [0.25, 0.3) is 0 Å². The molecule has 0 unspecified atom stereocenters. The Hall–Kier alpha value is -1.78. The molecule has 0 saturated carbocycles. The summed E-state index contributed by atoms with van der Waals surface area (Å²) in [6.45, 7) is 6.77. The van der Waals surface area contributed by atoms with E-state index in [0.717, 1.165) is 24.3 Å². The van der Waals surface area contributed by atoms with Crippen molar-refractivity contribution in [2.45, 2.75) is 33.1 Å². The highest BCUT2D eigenvalue weighted by molar-refractivity contribution is 5.95. The maximum Gasteiger partial charge on any atom is 0.160 e. The van der Waals surface area contributed by atoms with E-state index < -0.39 is 0 Å². The molecule has 102 valence electrons. The Morgan fingerprint density at radius 1 is 1.16 bits per heavy atom. The van der Waals surface area contributed by atoms with Crippen LogP contribution in [0.1, 0.15) is 33.1 Å². The molecular formula is C14H20N4O. The Morgan fingerprint density at radius 2 is 1.95 bits per heavy atom. The van der Waals surface area contributed by atoms with E-state index in [-0.39, 0.29) is 0 Å². The highest BCUT2D eigenvalue weighted by Gasteiger charge is 2.24. The summed E-state index contributed by atoms with van der Waals surface area (Å²) in [5, 5.41) is 7.90. The zero-order chi connectivity index (χ0) is 13.5. The van der Waals surface area contributed by atoms with Gasteiger partial charge in [0, 0.05) is 13.1 Å². The first-order valence-electron chi connectivity index (χ1n) is 6.82. The molecule has 3 rings (SSSR count). The van der Waals surface area contributed by atoms with Crippen molar-refractivity contribution < 1.29 is 4.63 Å². The van der Waals surface area contributed by atoms with E-state index in [0.29, 0.717) is 16.6 Å². The molecule has 1 aliphatic heterocycles. The number of fused-ring (bicyclic) bond motifs is 1. The van der Waals surface area contributed by atoms with E-state index in [9.17, 15) is 0 Å². The molecule has 0 bridgehead atoms. The maximum atomic E-state index is 5.89. The number of rotatable bonds is 1. The van der Waals surface area contributed by atoms with Crippen molar-refractivity contribution in [1.82, 2.24) is 10.3 Å². The van der Waals surface area contributed by atoms with Gasteiger partial charge in [0.05, 0.1) is 11.4 Å². The predicted molar refractivity (Wildman–Crippen MR) is 76.1 cm³/mol. The lowest BCUT2D eigenvalue weighted by Gasteiger charge is -2.24. The molecule has 2 heterocycles. The summed E-state index contributed by atoms with van der Waals surface area (Å²) >= 11 is 0. The molecule has 0 spiro atoms. The minimum atomic E-state index is 0.420. The maximum absolute atomic E-state index is 5.89. The third-order valence-corrected chi connectivity index (χ3v) is 4.11. The molecule has 1 aromatic heterocycles. The quantitative estimate of drug-likeness (QED) is 0.798. The van der Waals surface area contributed by atoms with Gasteiger partial charge in [-0.15, -0.1) is 0 Å². The Labute approximate surface area is 112 Å². The van der Waals surface area contributed by atoms with Crippen molar-refractivity contribution in [2.24, 2.45) is 5.41 Å². The highest BCUT2D eigenvalue weighted by atomic mass is 16.6. The van der Waals surface area contributed by atoms with Crippen LogP contribution in [0, 0.1) is 5.41 Å². The smallest absolute Gasteiger partial charge is 0.160 e. The van der Waals surface area contributed by atoms with Crippen molar-refractivity contribution in [1.29, 1.82) is 0 Å². The van der Waals surface area contributed by atoms with Gasteiger partial charge >= 0.3 is 0 Å². The van der Waals surface area contributed by atoms with Crippen LogP contribution in [0.25, 0.3) is 11.0 Å². The standard InChI is InChI=1S/C14H20N4O/c1-14(2)6-3-8-18(9-7-14)11-5-4-10(15)12-13(11)17-19-16-12/h4-5H,3,6-9,15H2,1-2H3. The summed E-state index contributed by atoms with van der Waals surface area (Å²) in [5.41, 5.74) is 9.46. The predicted octanol–water partition coefficient (Wildman–Crippen LogP) is 2.82. The molecule has 0 radical (unpaired) electrons.